The van der Waals surface area contributed by atoms with Crippen molar-refractivity contribution >= 4 is 5.91 Å². The lowest BCUT2D eigenvalue weighted by Gasteiger charge is -2.25. The number of nitrogens with zero attached hydrogens (tertiary/aromatic N) is 1. The number of ether oxygens (including phenoxy) is 1. The molecule has 1 aliphatic rings. The van der Waals surface area contributed by atoms with E-state index in [2.05, 4.69) is 0 Å². The van der Waals surface area contributed by atoms with Crippen LogP contribution in [-0.2, 0) is 0 Å². The molecular formula is C18H21NO3. The predicted molar refractivity (Wildman–Crippen MR) is 84.2 cm³/mol. The summed E-state index contributed by atoms with van der Waals surface area (Å²) in [5.74, 6) is 2.37. The van der Waals surface area contributed by atoms with Gasteiger partial charge >= 0.3 is 0 Å². The van der Waals surface area contributed by atoms with Crippen molar-refractivity contribution in [3.63, 3.8) is 0 Å². The molecule has 1 aromatic heterocycles. The standard InChI is InChI=1S/C18H21NO3/c1-12-11-16(13(2)22-12)18(20)19-10-4-5-17(19)14-6-8-15(21-3)9-7-14/h6-9,11,17H,4-5,10H2,1-3H3/t17-/m1/s1. The summed E-state index contributed by atoms with van der Waals surface area (Å²) >= 11 is 0. The highest BCUT2D eigenvalue weighted by molar-refractivity contribution is 5.95. The number of benzene rings is 1. The molecule has 22 heavy (non-hydrogen) atoms. The average molecular weight is 299 g/mol. The van der Waals surface area contributed by atoms with Gasteiger partial charge < -0.3 is 14.1 Å². The molecule has 0 saturated carbocycles. The van der Waals surface area contributed by atoms with E-state index in [1.165, 1.54) is 0 Å². The van der Waals surface area contributed by atoms with Crippen molar-refractivity contribution < 1.29 is 13.9 Å². The lowest BCUT2D eigenvalue weighted by molar-refractivity contribution is 0.0734. The lowest BCUT2D eigenvalue weighted by Crippen LogP contribution is -2.30. The molecule has 1 saturated heterocycles. The van der Waals surface area contributed by atoms with Crippen LogP contribution in [0.1, 0.15) is 46.3 Å². The smallest absolute Gasteiger partial charge is 0.257 e. The van der Waals surface area contributed by atoms with Gasteiger partial charge in [-0.15, -0.1) is 0 Å². The number of hydrogen-bond donors (Lipinski definition) is 0. The number of amides is 1. The first-order valence-electron chi connectivity index (χ1n) is 7.62. The normalized spacial score (nSPS) is 17.8. The minimum atomic E-state index is 0.0627. The number of carbonyl (C=O) groups is 1. The zero-order valence-corrected chi connectivity index (χ0v) is 13.3. The SMILES string of the molecule is COc1ccc([C@H]2CCCN2C(=O)c2cc(C)oc2C)cc1. The lowest BCUT2D eigenvalue weighted by atomic mass is 10.0. The van der Waals surface area contributed by atoms with Crippen molar-refractivity contribution in [2.24, 2.45) is 0 Å². The molecular weight excluding hydrogens is 278 g/mol. The van der Waals surface area contributed by atoms with E-state index in [9.17, 15) is 4.79 Å². The number of rotatable bonds is 3. The summed E-state index contributed by atoms with van der Waals surface area (Å²) in [6, 6.07) is 9.95. The number of carbonyl (C=O) groups excluding carboxylic acids is 1. The first-order chi connectivity index (χ1) is 10.6. The van der Waals surface area contributed by atoms with E-state index in [0.717, 1.165) is 36.5 Å². The Morgan fingerprint density at radius 3 is 2.59 bits per heavy atom. The van der Waals surface area contributed by atoms with Crippen LogP contribution in [0.15, 0.2) is 34.7 Å². The number of methoxy groups -OCH3 is 1. The third-order valence-corrected chi connectivity index (χ3v) is 4.29. The zero-order chi connectivity index (χ0) is 15.7. The fourth-order valence-corrected chi connectivity index (χ4v) is 3.18. The summed E-state index contributed by atoms with van der Waals surface area (Å²) in [6.45, 7) is 4.51. The van der Waals surface area contributed by atoms with E-state index in [0.29, 0.717) is 11.3 Å². The van der Waals surface area contributed by atoms with Crippen molar-refractivity contribution in [3.8, 4) is 5.75 Å². The molecule has 4 nitrogen and oxygen atoms in total. The van der Waals surface area contributed by atoms with Gasteiger partial charge in [-0.1, -0.05) is 12.1 Å². The van der Waals surface area contributed by atoms with E-state index in [1.807, 2.05) is 49.1 Å². The largest absolute Gasteiger partial charge is 0.497 e. The van der Waals surface area contributed by atoms with Gasteiger partial charge in [0.1, 0.15) is 17.3 Å². The van der Waals surface area contributed by atoms with E-state index >= 15 is 0 Å². The summed E-state index contributed by atoms with van der Waals surface area (Å²) in [6.07, 6.45) is 2.02. The Kier molecular flexibility index (Phi) is 3.92. The first-order valence-corrected chi connectivity index (χ1v) is 7.62. The highest BCUT2D eigenvalue weighted by atomic mass is 16.5. The Balaban J connectivity index is 1.86. The Hall–Kier alpha value is -2.23. The Morgan fingerprint density at radius 2 is 2.00 bits per heavy atom. The molecule has 0 aliphatic carbocycles. The molecule has 0 unspecified atom stereocenters. The zero-order valence-electron chi connectivity index (χ0n) is 13.3. The Morgan fingerprint density at radius 1 is 1.27 bits per heavy atom. The number of furan rings is 1. The van der Waals surface area contributed by atoms with Crippen LogP contribution in [0.2, 0.25) is 0 Å². The molecule has 116 valence electrons. The molecule has 2 heterocycles. The summed E-state index contributed by atoms with van der Waals surface area (Å²) < 4.78 is 10.7. The van der Waals surface area contributed by atoms with Crippen LogP contribution < -0.4 is 4.74 Å². The molecule has 1 atom stereocenters. The van der Waals surface area contributed by atoms with Crippen molar-refractivity contribution in [3.05, 3.63) is 53.0 Å². The van der Waals surface area contributed by atoms with Gasteiger partial charge in [0.05, 0.1) is 18.7 Å². The van der Waals surface area contributed by atoms with Crippen molar-refractivity contribution in [1.29, 1.82) is 0 Å². The minimum Gasteiger partial charge on any atom is -0.497 e. The monoisotopic (exact) mass is 299 g/mol. The maximum atomic E-state index is 12.8. The Labute approximate surface area is 130 Å². The highest BCUT2D eigenvalue weighted by Crippen LogP contribution is 2.34. The number of hydrogen-bond acceptors (Lipinski definition) is 3. The average Bonchev–Trinajstić information content (AvgIpc) is 3.13. The van der Waals surface area contributed by atoms with E-state index in [-0.39, 0.29) is 11.9 Å². The topological polar surface area (TPSA) is 42.7 Å². The van der Waals surface area contributed by atoms with Gasteiger partial charge in [0.2, 0.25) is 0 Å². The second kappa shape index (κ2) is 5.87. The molecule has 0 bridgehead atoms. The number of aryl methyl sites for hydroxylation is 2. The second-order valence-electron chi connectivity index (χ2n) is 5.76. The summed E-state index contributed by atoms with van der Waals surface area (Å²) in [7, 11) is 1.66. The maximum absolute atomic E-state index is 12.8. The van der Waals surface area contributed by atoms with Crippen LogP contribution >= 0.6 is 0 Å². The van der Waals surface area contributed by atoms with Crippen LogP contribution in [0.5, 0.6) is 5.75 Å². The first kappa shape index (κ1) is 14.7. The molecule has 1 aliphatic heterocycles. The van der Waals surface area contributed by atoms with Crippen molar-refractivity contribution in [1.82, 2.24) is 4.90 Å². The van der Waals surface area contributed by atoms with Crippen LogP contribution in [0.25, 0.3) is 0 Å². The third kappa shape index (κ3) is 2.61. The van der Waals surface area contributed by atoms with E-state index < -0.39 is 0 Å². The fourth-order valence-electron chi connectivity index (χ4n) is 3.18. The van der Waals surface area contributed by atoms with E-state index in [4.69, 9.17) is 9.15 Å². The Bertz CT molecular complexity index is 672. The molecule has 0 N–H and O–H groups in total. The van der Waals surface area contributed by atoms with E-state index in [1.54, 1.807) is 7.11 Å². The van der Waals surface area contributed by atoms with Gasteiger partial charge in [0.25, 0.3) is 5.91 Å². The molecule has 0 spiro atoms. The minimum absolute atomic E-state index is 0.0627. The van der Waals surface area contributed by atoms with Gasteiger partial charge in [-0.05, 0) is 50.5 Å². The van der Waals surface area contributed by atoms with Crippen LogP contribution in [-0.4, -0.2) is 24.5 Å². The molecule has 4 heteroatoms. The van der Waals surface area contributed by atoms with Gasteiger partial charge in [-0.3, -0.25) is 4.79 Å². The molecule has 1 fully saturated rings. The molecule has 1 amide bonds. The summed E-state index contributed by atoms with van der Waals surface area (Å²) in [5.41, 5.74) is 1.84. The maximum Gasteiger partial charge on any atom is 0.257 e. The molecule has 0 radical (unpaired) electrons. The summed E-state index contributed by atoms with van der Waals surface area (Å²) in [5, 5.41) is 0. The van der Waals surface area contributed by atoms with Gasteiger partial charge in [-0.2, -0.15) is 0 Å². The van der Waals surface area contributed by atoms with Crippen molar-refractivity contribution in [2.75, 3.05) is 13.7 Å². The molecule has 1 aromatic carbocycles. The van der Waals surface area contributed by atoms with Crippen molar-refractivity contribution in [2.45, 2.75) is 32.7 Å². The quantitative estimate of drug-likeness (QED) is 0.863. The van der Waals surface area contributed by atoms with Gasteiger partial charge in [0.15, 0.2) is 0 Å². The van der Waals surface area contributed by atoms with Gasteiger partial charge in [0, 0.05) is 6.54 Å². The highest BCUT2D eigenvalue weighted by Gasteiger charge is 2.32. The summed E-state index contributed by atoms with van der Waals surface area (Å²) in [4.78, 5) is 14.8. The third-order valence-electron chi connectivity index (χ3n) is 4.29. The molecule has 2 aromatic rings. The van der Waals surface area contributed by atoms with Gasteiger partial charge in [-0.25, -0.2) is 0 Å². The number of likely N-dealkylation sites (tertiary alicyclic amines) is 1. The molecule has 3 rings (SSSR count). The predicted octanol–water partition coefficient (Wildman–Crippen LogP) is 3.88. The van der Waals surface area contributed by atoms with Crippen LogP contribution in [0.4, 0.5) is 0 Å². The second-order valence-corrected chi connectivity index (χ2v) is 5.76. The van der Waals surface area contributed by atoms with Crippen LogP contribution in [0.3, 0.4) is 0 Å². The fraction of sp³-hybridized carbons (Fsp3) is 0.389. The van der Waals surface area contributed by atoms with Crippen LogP contribution in [0, 0.1) is 13.8 Å².